The van der Waals surface area contributed by atoms with Crippen molar-refractivity contribution in [1.29, 1.82) is 0 Å². The lowest BCUT2D eigenvalue weighted by Gasteiger charge is -2.11. The molecule has 2 N–H and O–H groups in total. The molecule has 10 heteroatoms. The molecule has 2 aromatic heterocycles. The van der Waals surface area contributed by atoms with Crippen molar-refractivity contribution in [3.05, 3.63) is 81.0 Å². The summed E-state index contributed by atoms with van der Waals surface area (Å²) in [7, 11) is 0. The van der Waals surface area contributed by atoms with Crippen molar-refractivity contribution in [3.63, 3.8) is 0 Å². The number of aromatic carboxylic acids is 1. The van der Waals surface area contributed by atoms with Crippen LogP contribution in [0.5, 0.6) is 0 Å². The number of rotatable bonds is 7. The predicted molar refractivity (Wildman–Crippen MR) is 133 cm³/mol. The van der Waals surface area contributed by atoms with Gasteiger partial charge in [0.05, 0.1) is 0 Å². The summed E-state index contributed by atoms with van der Waals surface area (Å²) in [4.78, 5) is 29.8. The minimum absolute atomic E-state index is 0.0364. The largest absolute Gasteiger partial charge is 0.476 e. The van der Waals surface area contributed by atoms with E-state index in [2.05, 4.69) is 32.5 Å². The van der Waals surface area contributed by atoms with Gasteiger partial charge in [-0.25, -0.2) is 9.78 Å². The third kappa shape index (κ3) is 4.15. The second-order valence-electron chi connectivity index (χ2n) is 8.25. The van der Waals surface area contributed by atoms with Crippen LogP contribution in [0.15, 0.2) is 53.3 Å². The van der Waals surface area contributed by atoms with Crippen molar-refractivity contribution in [2.45, 2.75) is 32.7 Å². The van der Waals surface area contributed by atoms with Crippen LogP contribution in [0, 0.1) is 0 Å². The van der Waals surface area contributed by atoms with Crippen LogP contribution in [0.25, 0.3) is 32.9 Å². The van der Waals surface area contributed by atoms with Crippen LogP contribution in [-0.2, 0) is 13.0 Å². The summed E-state index contributed by atoms with van der Waals surface area (Å²) in [5.74, 6) is -0.166. The van der Waals surface area contributed by atoms with E-state index in [9.17, 15) is 14.7 Å². The first-order valence-electron chi connectivity index (χ1n) is 11.2. The number of hydrogen-bond donors (Lipinski definition) is 2. The number of benzene rings is 2. The summed E-state index contributed by atoms with van der Waals surface area (Å²) < 4.78 is 1.62. The number of carboxylic acid groups (broad SMARTS) is 1. The monoisotopic (exact) mass is 488 g/mol. The maximum atomic E-state index is 13.6. The second kappa shape index (κ2) is 9.27. The first-order chi connectivity index (χ1) is 17.0. The van der Waals surface area contributed by atoms with Gasteiger partial charge in [-0.2, -0.15) is 5.21 Å². The number of nitrogens with zero attached hydrogens (tertiary/aromatic N) is 5. The van der Waals surface area contributed by atoms with Crippen LogP contribution in [0.1, 0.15) is 41.6 Å². The number of fused-ring (bicyclic) bond motifs is 2. The molecule has 0 fully saturated rings. The number of carbonyl (C=O) groups is 1. The number of carboxylic acids is 1. The van der Waals surface area contributed by atoms with Crippen LogP contribution in [0.3, 0.4) is 0 Å². The fourth-order valence-corrected chi connectivity index (χ4v) is 4.61. The summed E-state index contributed by atoms with van der Waals surface area (Å²) in [5.41, 5.74) is 1.22. The zero-order valence-corrected chi connectivity index (χ0v) is 19.6. The van der Waals surface area contributed by atoms with Gasteiger partial charge in [0.15, 0.2) is 16.3 Å². The van der Waals surface area contributed by atoms with Gasteiger partial charge >= 0.3 is 5.97 Å². The highest BCUT2D eigenvalue weighted by Gasteiger charge is 2.22. The molecule has 0 saturated heterocycles. The highest BCUT2D eigenvalue weighted by Crippen LogP contribution is 2.28. The number of halogens is 1. The van der Waals surface area contributed by atoms with Crippen molar-refractivity contribution >= 4 is 39.1 Å². The van der Waals surface area contributed by atoms with Gasteiger partial charge in [-0.3, -0.25) is 4.79 Å². The van der Waals surface area contributed by atoms with Gasteiger partial charge < -0.3 is 9.67 Å². The number of unbranched alkanes of at least 4 members (excludes halogenated alkanes) is 1. The van der Waals surface area contributed by atoms with Gasteiger partial charge in [-0.15, -0.1) is 10.2 Å². The Morgan fingerprint density at radius 2 is 1.94 bits per heavy atom. The van der Waals surface area contributed by atoms with Crippen LogP contribution in [0.4, 0.5) is 0 Å². The predicted octanol–water partition coefficient (Wildman–Crippen LogP) is 4.47. The summed E-state index contributed by atoms with van der Waals surface area (Å²) in [6.45, 7) is 2.27. The topological polar surface area (TPSA) is 127 Å². The smallest absolute Gasteiger partial charge is 0.355 e. The van der Waals surface area contributed by atoms with Crippen LogP contribution >= 0.6 is 11.6 Å². The Hall–Kier alpha value is -4.11. The molecule has 176 valence electrons. The van der Waals surface area contributed by atoms with E-state index in [1.54, 1.807) is 16.7 Å². The van der Waals surface area contributed by atoms with Crippen LogP contribution in [0.2, 0.25) is 5.15 Å². The molecule has 2 heterocycles. The van der Waals surface area contributed by atoms with Crippen molar-refractivity contribution in [1.82, 2.24) is 30.2 Å². The number of H-pyrrole nitrogens is 1. The third-order valence-electron chi connectivity index (χ3n) is 6.01. The van der Waals surface area contributed by atoms with Crippen molar-refractivity contribution in [2.75, 3.05) is 0 Å². The lowest BCUT2D eigenvalue weighted by atomic mass is 10.0. The standard InChI is InChI=1S/C25H21ClN6O3/c1-2-3-8-20-27-23(26)21(25(34)35)32(20)13-14-9-10-17-18(11-14)22(33)16-7-5-4-6-15(16)12-19(17)24-28-30-31-29-24/h4-7,9-12H,2-3,8,13H2,1H3,(H,34,35)(H,28,29,30,31). The Labute approximate surface area is 204 Å². The fraction of sp³-hybridized carbons (Fsp3) is 0.200. The average molecular weight is 489 g/mol. The van der Waals surface area contributed by atoms with Crippen LogP contribution in [-0.4, -0.2) is 41.3 Å². The molecule has 5 rings (SSSR count). The Balaban J connectivity index is 1.73. The molecule has 0 spiro atoms. The molecule has 0 aliphatic rings. The molecule has 0 atom stereocenters. The first-order valence-corrected chi connectivity index (χ1v) is 11.6. The first kappa shape index (κ1) is 22.7. The zero-order valence-electron chi connectivity index (χ0n) is 18.8. The van der Waals surface area contributed by atoms with Gasteiger partial charge in [-0.05, 0) is 40.1 Å². The maximum absolute atomic E-state index is 13.6. The normalized spacial score (nSPS) is 11.4. The number of nitrogens with one attached hydrogen (secondary N) is 1. The molecule has 0 unspecified atom stereocenters. The van der Waals surface area contributed by atoms with E-state index in [1.165, 1.54) is 0 Å². The van der Waals surface area contributed by atoms with Gasteiger partial charge in [0, 0.05) is 29.3 Å². The van der Waals surface area contributed by atoms with E-state index in [0.717, 1.165) is 23.8 Å². The van der Waals surface area contributed by atoms with E-state index in [1.807, 2.05) is 36.4 Å². The molecular weight excluding hydrogens is 468 g/mol. The molecule has 9 nitrogen and oxygen atoms in total. The lowest BCUT2D eigenvalue weighted by molar-refractivity contribution is 0.0685. The van der Waals surface area contributed by atoms with E-state index >= 15 is 0 Å². The highest BCUT2D eigenvalue weighted by atomic mass is 35.5. The Morgan fingerprint density at radius 1 is 1.11 bits per heavy atom. The van der Waals surface area contributed by atoms with E-state index in [4.69, 9.17) is 11.6 Å². The van der Waals surface area contributed by atoms with Crippen LogP contribution < -0.4 is 5.43 Å². The lowest BCUT2D eigenvalue weighted by Crippen LogP contribution is -2.13. The molecule has 0 aliphatic heterocycles. The Morgan fingerprint density at radius 3 is 2.69 bits per heavy atom. The number of imidazole rings is 1. The SMILES string of the molecule is CCCCc1nc(Cl)c(C(=O)O)n1Cc1ccc2c(-c3nn[nH]n3)cc3ccccc3c(=O)c2c1. The summed E-state index contributed by atoms with van der Waals surface area (Å²) in [6.07, 6.45) is 2.39. The number of aromatic nitrogens is 6. The van der Waals surface area contributed by atoms with Crippen molar-refractivity contribution in [2.24, 2.45) is 0 Å². The molecule has 0 bridgehead atoms. The van der Waals surface area contributed by atoms with Gasteiger partial charge in [0.1, 0.15) is 5.82 Å². The Bertz CT molecular complexity index is 1630. The summed E-state index contributed by atoms with van der Waals surface area (Å²) >= 11 is 6.19. The van der Waals surface area contributed by atoms with E-state index in [0.29, 0.717) is 39.8 Å². The Kier molecular flexibility index (Phi) is 6.00. The minimum Gasteiger partial charge on any atom is -0.476 e. The molecule has 0 amide bonds. The number of aryl methyl sites for hydroxylation is 1. The van der Waals surface area contributed by atoms with Gasteiger partial charge in [-0.1, -0.05) is 61.3 Å². The summed E-state index contributed by atoms with van der Waals surface area (Å²) in [6, 6.07) is 14.7. The van der Waals surface area contributed by atoms with E-state index < -0.39 is 5.97 Å². The average Bonchev–Trinajstić information content (AvgIpc) is 3.46. The minimum atomic E-state index is -1.15. The third-order valence-corrected chi connectivity index (χ3v) is 6.28. The molecule has 3 aromatic carbocycles. The van der Waals surface area contributed by atoms with Crippen molar-refractivity contribution in [3.8, 4) is 11.4 Å². The number of aromatic amines is 1. The fourth-order valence-electron chi connectivity index (χ4n) is 4.33. The van der Waals surface area contributed by atoms with E-state index in [-0.39, 0.29) is 22.8 Å². The molecule has 0 saturated carbocycles. The maximum Gasteiger partial charge on any atom is 0.355 e. The number of tetrazole rings is 1. The molecule has 0 radical (unpaired) electrons. The second-order valence-corrected chi connectivity index (χ2v) is 8.61. The molecular formula is C25H21ClN6O3. The van der Waals surface area contributed by atoms with Gasteiger partial charge in [0.25, 0.3) is 0 Å². The van der Waals surface area contributed by atoms with Gasteiger partial charge in [0.2, 0.25) is 5.82 Å². The summed E-state index contributed by atoms with van der Waals surface area (Å²) in [5, 5.41) is 26.6. The van der Waals surface area contributed by atoms with Crippen molar-refractivity contribution < 1.29 is 9.90 Å². The molecule has 0 aliphatic carbocycles. The quantitative estimate of drug-likeness (QED) is 0.346. The number of hydrogen-bond acceptors (Lipinski definition) is 6. The molecule has 5 aromatic rings. The molecule has 35 heavy (non-hydrogen) atoms. The highest BCUT2D eigenvalue weighted by molar-refractivity contribution is 6.32. The zero-order chi connectivity index (χ0) is 24.5.